The molecule has 0 aliphatic carbocycles. The Morgan fingerprint density at radius 1 is 1.50 bits per heavy atom. The van der Waals surface area contributed by atoms with E-state index >= 15 is 0 Å². The largest absolute Gasteiger partial charge is 0.468 e. The number of aliphatic hydroxyl groups is 1. The van der Waals surface area contributed by atoms with Crippen molar-refractivity contribution >= 4 is 11.9 Å². The second-order valence-electron chi connectivity index (χ2n) is 1.80. The highest BCUT2D eigenvalue weighted by molar-refractivity contribution is 5.83. The van der Waals surface area contributed by atoms with E-state index in [1.807, 2.05) is 0 Å². The molecule has 0 bridgehead atoms. The van der Waals surface area contributed by atoms with Gasteiger partial charge in [-0.25, -0.2) is 0 Å². The van der Waals surface area contributed by atoms with Gasteiger partial charge in [0.1, 0.15) is 6.04 Å². The van der Waals surface area contributed by atoms with Crippen LogP contribution in [0.4, 0.5) is 0 Å². The van der Waals surface area contributed by atoms with Crippen LogP contribution in [0.3, 0.4) is 0 Å². The number of nitrogens with two attached hydrogens (primary N) is 2. The summed E-state index contributed by atoms with van der Waals surface area (Å²) in [6.07, 6.45) is -0.174. The number of hydrogen-bond acceptors (Lipinski definition) is 5. The first-order valence-electron chi connectivity index (χ1n) is 3.14. The molecule has 0 aromatic rings. The summed E-state index contributed by atoms with van der Waals surface area (Å²) in [5, 5.41) is 7.00. The normalized spacial score (nSPS) is 10.7. The lowest BCUT2D eigenvalue weighted by Gasteiger charge is -2.04. The number of amides is 1. The predicted octanol–water partition coefficient (Wildman–Crippen LogP) is -2.03. The second-order valence-corrected chi connectivity index (χ2v) is 1.80. The van der Waals surface area contributed by atoms with Gasteiger partial charge in [-0.15, -0.1) is 0 Å². The molecule has 0 fully saturated rings. The first kappa shape index (κ1) is 13.4. The molecule has 1 atom stereocenters. The van der Waals surface area contributed by atoms with E-state index in [1.165, 1.54) is 7.11 Å². The molecule has 0 aliphatic rings. The monoisotopic (exact) mass is 178 g/mol. The third-order valence-electron chi connectivity index (χ3n) is 0.925. The zero-order valence-electron chi connectivity index (χ0n) is 7.11. The summed E-state index contributed by atoms with van der Waals surface area (Å²) in [5.74, 6) is -1.24. The summed E-state index contributed by atoms with van der Waals surface area (Å²) in [7, 11) is 2.20. The minimum absolute atomic E-state index is 0.174. The number of primary amides is 1. The lowest BCUT2D eigenvalue weighted by atomic mass is 10.2. The van der Waals surface area contributed by atoms with E-state index in [0.29, 0.717) is 0 Å². The van der Waals surface area contributed by atoms with Gasteiger partial charge in [0.2, 0.25) is 5.91 Å². The number of aliphatic hydroxyl groups excluding tert-OH is 1. The van der Waals surface area contributed by atoms with Crippen LogP contribution in [0, 0.1) is 0 Å². The first-order chi connectivity index (χ1) is 5.57. The molecular formula is C6H14N2O4. The number of methoxy groups -OCH3 is 1. The lowest BCUT2D eigenvalue weighted by Crippen LogP contribution is -2.35. The average Bonchev–Trinajstić information content (AvgIpc) is 2.05. The topological polar surface area (TPSA) is 116 Å². The van der Waals surface area contributed by atoms with Gasteiger partial charge in [-0.1, -0.05) is 0 Å². The van der Waals surface area contributed by atoms with Gasteiger partial charge < -0.3 is 21.3 Å². The zero-order chi connectivity index (χ0) is 10.1. The van der Waals surface area contributed by atoms with E-state index in [0.717, 1.165) is 7.11 Å². The third kappa shape index (κ3) is 6.97. The Hall–Kier alpha value is -1.14. The molecule has 1 unspecified atom stereocenters. The highest BCUT2D eigenvalue weighted by Crippen LogP contribution is 1.88. The number of ether oxygens (including phenoxy) is 1. The summed E-state index contributed by atoms with van der Waals surface area (Å²) in [6.45, 7) is 0. The molecule has 1 amide bonds. The molecule has 0 aromatic carbocycles. The van der Waals surface area contributed by atoms with Crippen molar-refractivity contribution in [3.05, 3.63) is 0 Å². The van der Waals surface area contributed by atoms with Gasteiger partial charge in [-0.3, -0.25) is 9.59 Å². The van der Waals surface area contributed by atoms with Crippen LogP contribution in [-0.2, 0) is 14.3 Å². The van der Waals surface area contributed by atoms with Crippen LogP contribution >= 0.6 is 0 Å². The van der Waals surface area contributed by atoms with Crippen molar-refractivity contribution < 1.29 is 19.4 Å². The third-order valence-corrected chi connectivity index (χ3v) is 0.925. The number of hydrogen-bond donors (Lipinski definition) is 3. The van der Waals surface area contributed by atoms with E-state index < -0.39 is 17.9 Å². The molecule has 0 aromatic heterocycles. The van der Waals surface area contributed by atoms with E-state index in [1.54, 1.807) is 0 Å². The molecule has 12 heavy (non-hydrogen) atoms. The molecule has 0 heterocycles. The molecule has 0 saturated heterocycles. The summed E-state index contributed by atoms with van der Waals surface area (Å²) < 4.78 is 4.24. The Morgan fingerprint density at radius 3 is 2.17 bits per heavy atom. The molecule has 0 radical (unpaired) electrons. The Labute approximate surface area is 70.5 Å². The van der Waals surface area contributed by atoms with Crippen molar-refractivity contribution in [1.29, 1.82) is 0 Å². The van der Waals surface area contributed by atoms with Crippen molar-refractivity contribution in [2.24, 2.45) is 11.5 Å². The number of rotatable bonds is 3. The summed E-state index contributed by atoms with van der Waals surface area (Å²) in [6, 6.07) is -0.928. The van der Waals surface area contributed by atoms with Crippen LogP contribution in [0.1, 0.15) is 6.42 Å². The SMILES string of the molecule is CO.COC(=O)C(N)CC(N)=O. The smallest absolute Gasteiger partial charge is 0.323 e. The number of esters is 1. The van der Waals surface area contributed by atoms with Gasteiger partial charge >= 0.3 is 5.97 Å². The van der Waals surface area contributed by atoms with Crippen LogP contribution < -0.4 is 11.5 Å². The number of carbonyl (C=O) groups is 2. The van der Waals surface area contributed by atoms with Crippen molar-refractivity contribution in [3.8, 4) is 0 Å². The fourth-order valence-electron chi connectivity index (χ4n) is 0.451. The van der Waals surface area contributed by atoms with Crippen LogP contribution in [0.25, 0.3) is 0 Å². The average molecular weight is 178 g/mol. The van der Waals surface area contributed by atoms with Gasteiger partial charge in [-0.05, 0) is 0 Å². The van der Waals surface area contributed by atoms with Crippen molar-refractivity contribution in [2.45, 2.75) is 12.5 Å². The molecule has 72 valence electrons. The Morgan fingerprint density at radius 2 is 1.92 bits per heavy atom. The van der Waals surface area contributed by atoms with Gasteiger partial charge in [-0.2, -0.15) is 0 Å². The van der Waals surface area contributed by atoms with E-state index in [4.69, 9.17) is 16.6 Å². The van der Waals surface area contributed by atoms with E-state index in [-0.39, 0.29) is 6.42 Å². The molecule has 6 heteroatoms. The molecule has 0 saturated carbocycles. The van der Waals surface area contributed by atoms with Crippen LogP contribution in [0.2, 0.25) is 0 Å². The van der Waals surface area contributed by atoms with Gasteiger partial charge in [0.15, 0.2) is 0 Å². The fraction of sp³-hybridized carbons (Fsp3) is 0.667. The van der Waals surface area contributed by atoms with Gasteiger partial charge in [0.25, 0.3) is 0 Å². The highest BCUT2D eigenvalue weighted by atomic mass is 16.5. The van der Waals surface area contributed by atoms with Gasteiger partial charge in [0, 0.05) is 7.11 Å². The minimum atomic E-state index is -0.928. The van der Waals surface area contributed by atoms with Gasteiger partial charge in [0.05, 0.1) is 13.5 Å². The summed E-state index contributed by atoms with van der Waals surface area (Å²) >= 11 is 0. The minimum Gasteiger partial charge on any atom is -0.468 e. The number of carbonyl (C=O) groups excluding carboxylic acids is 2. The summed E-state index contributed by atoms with van der Waals surface area (Å²) in [4.78, 5) is 20.7. The van der Waals surface area contributed by atoms with Crippen LogP contribution in [-0.4, -0.2) is 37.2 Å². The molecule has 0 spiro atoms. The van der Waals surface area contributed by atoms with Crippen molar-refractivity contribution in [2.75, 3.05) is 14.2 Å². The maximum atomic E-state index is 10.5. The second kappa shape index (κ2) is 7.96. The van der Waals surface area contributed by atoms with Crippen molar-refractivity contribution in [1.82, 2.24) is 0 Å². The molecule has 0 rings (SSSR count). The highest BCUT2D eigenvalue weighted by Gasteiger charge is 2.15. The van der Waals surface area contributed by atoms with E-state index in [9.17, 15) is 9.59 Å². The van der Waals surface area contributed by atoms with Crippen LogP contribution in [0.5, 0.6) is 0 Å². The standard InChI is InChI=1S/C5H10N2O3.CH4O/c1-10-5(9)3(6)2-4(7)8;1-2/h3H,2,6H2,1H3,(H2,7,8);2H,1H3. The zero-order valence-corrected chi connectivity index (χ0v) is 7.11. The summed E-state index contributed by atoms with van der Waals surface area (Å²) in [5.41, 5.74) is 9.91. The van der Waals surface area contributed by atoms with Crippen LogP contribution in [0.15, 0.2) is 0 Å². The van der Waals surface area contributed by atoms with Crippen molar-refractivity contribution in [3.63, 3.8) is 0 Å². The first-order valence-corrected chi connectivity index (χ1v) is 3.14. The Kier molecular flexibility index (Phi) is 8.92. The maximum Gasteiger partial charge on any atom is 0.323 e. The quantitative estimate of drug-likeness (QED) is 0.431. The fourth-order valence-corrected chi connectivity index (χ4v) is 0.451. The lowest BCUT2D eigenvalue weighted by molar-refractivity contribution is -0.143. The Balaban J connectivity index is 0. The van der Waals surface area contributed by atoms with E-state index in [2.05, 4.69) is 4.74 Å². The Bertz CT molecular complexity index is 148. The molecular weight excluding hydrogens is 164 g/mol. The molecule has 6 nitrogen and oxygen atoms in total. The molecule has 0 aliphatic heterocycles. The maximum absolute atomic E-state index is 10.5. The molecule has 5 N–H and O–H groups in total. The predicted molar refractivity (Wildman–Crippen MR) is 41.9 cm³/mol.